The number of hydrogen-bond acceptors (Lipinski definition) is 5. The molecule has 1 saturated heterocycles. The Bertz CT molecular complexity index is 532. The predicted octanol–water partition coefficient (Wildman–Crippen LogP) is 1.96. The normalized spacial score (nSPS) is 18.0. The summed E-state index contributed by atoms with van der Waals surface area (Å²) >= 11 is 0. The maximum absolute atomic E-state index is 12.8. The van der Waals surface area contributed by atoms with Crippen molar-refractivity contribution in [2.45, 2.75) is 19.4 Å². The second kappa shape index (κ2) is 7.35. The number of benzene rings is 1. The van der Waals surface area contributed by atoms with Crippen molar-refractivity contribution in [3.63, 3.8) is 0 Å². The lowest BCUT2D eigenvalue weighted by molar-refractivity contribution is -0.0227. The molecule has 1 aromatic rings. The average Bonchev–Trinajstić information content (AvgIpc) is 2.59. The topological polar surface area (TPSA) is 57.2 Å². The molecule has 6 nitrogen and oxygen atoms in total. The highest BCUT2D eigenvalue weighted by Crippen LogP contribution is 2.35. The first-order chi connectivity index (χ1) is 10.6. The van der Waals surface area contributed by atoms with Gasteiger partial charge in [0.1, 0.15) is 5.75 Å². The van der Waals surface area contributed by atoms with Crippen molar-refractivity contribution in [3.8, 4) is 17.2 Å². The number of ether oxygens (including phenoxy) is 4. The zero-order chi connectivity index (χ0) is 16.1. The molecule has 6 heteroatoms. The molecule has 0 bridgehead atoms. The molecule has 1 aromatic carbocycles. The Morgan fingerprint density at radius 2 is 1.82 bits per heavy atom. The number of carbonyl (C=O) groups excluding carboxylic acids is 1. The smallest absolute Gasteiger partial charge is 0.257 e. The summed E-state index contributed by atoms with van der Waals surface area (Å²) in [7, 11) is 4.62. The molecule has 1 heterocycles. The molecule has 0 aliphatic carbocycles. The fourth-order valence-electron chi connectivity index (χ4n) is 2.52. The van der Waals surface area contributed by atoms with Crippen molar-refractivity contribution in [1.82, 2.24) is 4.90 Å². The molecule has 0 N–H and O–H groups in total. The fraction of sp³-hybridized carbons (Fsp3) is 0.562. The zero-order valence-electron chi connectivity index (χ0n) is 13.5. The van der Waals surface area contributed by atoms with Crippen molar-refractivity contribution in [2.24, 2.45) is 0 Å². The van der Waals surface area contributed by atoms with Gasteiger partial charge in [0.15, 0.2) is 11.5 Å². The minimum absolute atomic E-state index is 0.0837. The van der Waals surface area contributed by atoms with Crippen LogP contribution in [0.2, 0.25) is 0 Å². The summed E-state index contributed by atoms with van der Waals surface area (Å²) < 4.78 is 21.5. The molecule has 1 aliphatic rings. The van der Waals surface area contributed by atoms with Crippen LogP contribution in [0.25, 0.3) is 0 Å². The summed E-state index contributed by atoms with van der Waals surface area (Å²) in [5.41, 5.74) is 0.469. The van der Waals surface area contributed by atoms with Crippen LogP contribution in [0, 0.1) is 0 Å². The van der Waals surface area contributed by atoms with Crippen molar-refractivity contribution >= 4 is 5.91 Å². The molecule has 0 aromatic heterocycles. The van der Waals surface area contributed by atoms with Gasteiger partial charge in [-0.05, 0) is 6.42 Å². The molecule has 2 rings (SSSR count). The second-order valence-electron chi connectivity index (χ2n) is 5.06. The van der Waals surface area contributed by atoms with Gasteiger partial charge in [0.2, 0.25) is 0 Å². The summed E-state index contributed by atoms with van der Waals surface area (Å²) in [4.78, 5) is 14.6. The highest BCUT2D eigenvalue weighted by Gasteiger charge is 2.27. The number of rotatable bonds is 5. The van der Waals surface area contributed by atoms with Crippen LogP contribution in [-0.4, -0.2) is 57.9 Å². The van der Waals surface area contributed by atoms with Gasteiger partial charge < -0.3 is 23.8 Å². The molecular weight excluding hydrogens is 286 g/mol. The van der Waals surface area contributed by atoms with Crippen molar-refractivity contribution < 1.29 is 23.7 Å². The molecule has 0 saturated carbocycles. The molecule has 122 valence electrons. The van der Waals surface area contributed by atoms with E-state index < -0.39 is 0 Å². The molecule has 0 spiro atoms. The molecule has 1 aliphatic heterocycles. The Morgan fingerprint density at radius 1 is 1.18 bits per heavy atom. The average molecular weight is 309 g/mol. The van der Waals surface area contributed by atoms with Crippen LogP contribution in [-0.2, 0) is 4.74 Å². The van der Waals surface area contributed by atoms with E-state index in [9.17, 15) is 4.79 Å². The maximum Gasteiger partial charge on any atom is 0.257 e. The monoisotopic (exact) mass is 309 g/mol. The quantitative estimate of drug-likeness (QED) is 0.832. The van der Waals surface area contributed by atoms with E-state index in [1.165, 1.54) is 7.11 Å². The summed E-state index contributed by atoms with van der Waals surface area (Å²) in [5.74, 6) is 1.43. The lowest BCUT2D eigenvalue weighted by atomic mass is 10.1. The van der Waals surface area contributed by atoms with E-state index in [1.54, 1.807) is 31.3 Å². The minimum atomic E-state index is -0.0837. The lowest BCUT2D eigenvalue weighted by Crippen LogP contribution is -2.45. The molecule has 0 radical (unpaired) electrons. The third kappa shape index (κ3) is 3.27. The van der Waals surface area contributed by atoms with Crippen molar-refractivity contribution in [1.29, 1.82) is 0 Å². The molecule has 1 amide bonds. The fourth-order valence-corrected chi connectivity index (χ4v) is 2.52. The number of morpholine rings is 1. The third-order valence-electron chi connectivity index (χ3n) is 3.82. The largest absolute Gasteiger partial charge is 0.496 e. The standard InChI is InChI=1S/C16H23NO5/c1-5-11-10-17(6-7-22-11)16(18)12-8-14(20-3)15(21-4)9-13(12)19-2/h8-9,11H,5-7,10H2,1-4H3. The van der Waals surface area contributed by atoms with E-state index in [0.29, 0.717) is 42.5 Å². The van der Waals surface area contributed by atoms with Gasteiger partial charge in [-0.3, -0.25) is 4.79 Å². The molecule has 1 unspecified atom stereocenters. The minimum Gasteiger partial charge on any atom is -0.496 e. The van der Waals surface area contributed by atoms with Crippen LogP contribution in [0.4, 0.5) is 0 Å². The van der Waals surface area contributed by atoms with E-state index in [1.807, 2.05) is 0 Å². The van der Waals surface area contributed by atoms with Gasteiger partial charge in [-0.2, -0.15) is 0 Å². The van der Waals surface area contributed by atoms with Crippen LogP contribution in [0.15, 0.2) is 12.1 Å². The highest BCUT2D eigenvalue weighted by molar-refractivity contribution is 5.98. The molecule has 1 fully saturated rings. The Kier molecular flexibility index (Phi) is 5.49. The van der Waals surface area contributed by atoms with Gasteiger partial charge in [-0.25, -0.2) is 0 Å². The number of methoxy groups -OCH3 is 3. The van der Waals surface area contributed by atoms with E-state index in [-0.39, 0.29) is 12.0 Å². The third-order valence-corrected chi connectivity index (χ3v) is 3.82. The second-order valence-corrected chi connectivity index (χ2v) is 5.06. The summed E-state index contributed by atoms with van der Waals surface area (Å²) in [6.45, 7) is 3.77. The highest BCUT2D eigenvalue weighted by atomic mass is 16.5. The predicted molar refractivity (Wildman–Crippen MR) is 82.0 cm³/mol. The Labute approximate surface area is 130 Å². The number of hydrogen-bond donors (Lipinski definition) is 0. The Hall–Kier alpha value is -1.95. The van der Waals surface area contributed by atoms with Crippen molar-refractivity contribution in [2.75, 3.05) is 41.0 Å². The first kappa shape index (κ1) is 16.4. The SMILES string of the molecule is CCC1CN(C(=O)c2cc(OC)c(OC)cc2OC)CCO1. The van der Waals surface area contributed by atoms with Gasteiger partial charge in [0.05, 0.1) is 39.6 Å². The van der Waals surface area contributed by atoms with Gasteiger partial charge in [-0.1, -0.05) is 6.92 Å². The Balaban J connectivity index is 2.31. The van der Waals surface area contributed by atoms with E-state index >= 15 is 0 Å². The van der Waals surface area contributed by atoms with Crippen LogP contribution in [0.1, 0.15) is 23.7 Å². The summed E-state index contributed by atoms with van der Waals surface area (Å²) in [6, 6.07) is 3.33. The zero-order valence-corrected chi connectivity index (χ0v) is 13.5. The first-order valence-electron chi connectivity index (χ1n) is 7.35. The van der Waals surface area contributed by atoms with Gasteiger partial charge in [0, 0.05) is 25.2 Å². The van der Waals surface area contributed by atoms with Crippen LogP contribution in [0.5, 0.6) is 17.2 Å². The van der Waals surface area contributed by atoms with Gasteiger partial charge in [-0.15, -0.1) is 0 Å². The molecule has 22 heavy (non-hydrogen) atoms. The van der Waals surface area contributed by atoms with Crippen molar-refractivity contribution in [3.05, 3.63) is 17.7 Å². The number of carbonyl (C=O) groups is 1. The first-order valence-corrected chi connectivity index (χ1v) is 7.35. The number of amides is 1. The van der Waals surface area contributed by atoms with E-state index in [4.69, 9.17) is 18.9 Å². The maximum atomic E-state index is 12.8. The summed E-state index contributed by atoms with van der Waals surface area (Å²) in [5, 5.41) is 0. The molecular formula is C16H23NO5. The van der Waals surface area contributed by atoms with E-state index in [0.717, 1.165) is 6.42 Å². The van der Waals surface area contributed by atoms with Crippen LogP contribution >= 0.6 is 0 Å². The lowest BCUT2D eigenvalue weighted by Gasteiger charge is -2.33. The van der Waals surface area contributed by atoms with E-state index in [2.05, 4.69) is 6.92 Å². The Morgan fingerprint density at radius 3 is 2.41 bits per heavy atom. The number of nitrogens with zero attached hydrogens (tertiary/aromatic N) is 1. The van der Waals surface area contributed by atoms with Gasteiger partial charge >= 0.3 is 0 Å². The summed E-state index contributed by atoms with van der Waals surface area (Å²) in [6.07, 6.45) is 0.969. The van der Waals surface area contributed by atoms with Gasteiger partial charge in [0.25, 0.3) is 5.91 Å². The molecule has 1 atom stereocenters. The van der Waals surface area contributed by atoms with Crippen LogP contribution < -0.4 is 14.2 Å². The van der Waals surface area contributed by atoms with Crippen LogP contribution in [0.3, 0.4) is 0 Å².